The summed E-state index contributed by atoms with van der Waals surface area (Å²) in [5, 5.41) is 22.3. The van der Waals surface area contributed by atoms with Crippen LogP contribution in [0.25, 0.3) is 0 Å². The van der Waals surface area contributed by atoms with Gasteiger partial charge in [0.25, 0.3) is 5.91 Å². The minimum absolute atomic E-state index is 0.0955. The molecule has 7 heteroatoms. The standard InChI is InChI=1S/C20H15F3N2O2/c21-20(22,23)14-6-8-15(9-7-14)25-18(27)16(12-24)17(26)19(10-11-19)13-4-2-1-3-5-13/h1-9,26H,10-11H2,(H,25,27). The van der Waals surface area contributed by atoms with Crippen LogP contribution in [0.4, 0.5) is 18.9 Å². The Kier molecular flexibility index (Phi) is 4.66. The molecule has 1 saturated carbocycles. The summed E-state index contributed by atoms with van der Waals surface area (Å²) in [6.45, 7) is 0. The van der Waals surface area contributed by atoms with Crippen LogP contribution in [0.2, 0.25) is 0 Å². The lowest BCUT2D eigenvalue weighted by atomic mass is 9.91. The SMILES string of the molecule is N#CC(C(=O)Nc1ccc(C(F)(F)F)cc1)=C(O)C1(c2ccccc2)CC1. The van der Waals surface area contributed by atoms with Crippen LogP contribution in [-0.4, -0.2) is 11.0 Å². The van der Waals surface area contributed by atoms with Crippen molar-refractivity contribution in [1.29, 1.82) is 5.26 Å². The highest BCUT2D eigenvalue weighted by atomic mass is 19.4. The number of halogens is 3. The molecule has 0 unspecified atom stereocenters. The van der Waals surface area contributed by atoms with Gasteiger partial charge in [0, 0.05) is 5.69 Å². The highest BCUT2D eigenvalue weighted by Gasteiger charge is 2.50. The highest BCUT2D eigenvalue weighted by Crippen LogP contribution is 2.53. The van der Waals surface area contributed by atoms with Crippen molar-refractivity contribution in [2.45, 2.75) is 24.4 Å². The molecule has 0 aliphatic heterocycles. The summed E-state index contributed by atoms with van der Waals surface area (Å²) < 4.78 is 37.8. The van der Waals surface area contributed by atoms with Crippen LogP contribution >= 0.6 is 0 Å². The first-order chi connectivity index (χ1) is 12.8. The number of aliphatic hydroxyl groups is 1. The Morgan fingerprint density at radius 1 is 1.07 bits per heavy atom. The summed E-state index contributed by atoms with van der Waals surface area (Å²) in [5.74, 6) is -1.18. The van der Waals surface area contributed by atoms with Crippen LogP contribution in [0, 0.1) is 11.3 Å². The zero-order valence-electron chi connectivity index (χ0n) is 14.0. The molecule has 0 bridgehead atoms. The third kappa shape index (κ3) is 3.65. The van der Waals surface area contributed by atoms with E-state index in [1.807, 2.05) is 18.2 Å². The highest BCUT2D eigenvalue weighted by molar-refractivity contribution is 6.07. The van der Waals surface area contributed by atoms with Gasteiger partial charge >= 0.3 is 6.18 Å². The molecule has 27 heavy (non-hydrogen) atoms. The molecule has 2 aromatic carbocycles. The molecular weight excluding hydrogens is 357 g/mol. The Balaban J connectivity index is 1.84. The summed E-state index contributed by atoms with van der Waals surface area (Å²) in [6, 6.07) is 14.6. The van der Waals surface area contributed by atoms with Gasteiger partial charge in [-0.2, -0.15) is 18.4 Å². The number of carbonyl (C=O) groups is 1. The Bertz CT molecular complexity index is 922. The van der Waals surface area contributed by atoms with Crippen molar-refractivity contribution in [1.82, 2.24) is 0 Å². The van der Waals surface area contributed by atoms with Gasteiger partial charge in [-0.15, -0.1) is 0 Å². The van der Waals surface area contributed by atoms with Gasteiger partial charge in [0.2, 0.25) is 0 Å². The van der Waals surface area contributed by atoms with Crippen LogP contribution in [0.1, 0.15) is 24.0 Å². The first-order valence-corrected chi connectivity index (χ1v) is 8.16. The number of hydrogen-bond acceptors (Lipinski definition) is 3. The second-order valence-electron chi connectivity index (χ2n) is 6.31. The van der Waals surface area contributed by atoms with Crippen LogP contribution in [0.15, 0.2) is 65.9 Å². The Morgan fingerprint density at radius 3 is 2.15 bits per heavy atom. The summed E-state index contributed by atoms with van der Waals surface area (Å²) in [7, 11) is 0. The van der Waals surface area contributed by atoms with Crippen molar-refractivity contribution in [3.8, 4) is 6.07 Å². The number of hydrogen-bond donors (Lipinski definition) is 2. The topological polar surface area (TPSA) is 73.1 Å². The summed E-state index contributed by atoms with van der Waals surface area (Å²) >= 11 is 0. The van der Waals surface area contributed by atoms with Gasteiger partial charge in [0.15, 0.2) is 5.57 Å². The molecule has 0 heterocycles. The molecule has 2 aromatic rings. The van der Waals surface area contributed by atoms with Gasteiger partial charge in [-0.1, -0.05) is 30.3 Å². The predicted molar refractivity (Wildman–Crippen MR) is 92.7 cm³/mol. The smallest absolute Gasteiger partial charge is 0.416 e. The van der Waals surface area contributed by atoms with Gasteiger partial charge in [-0.3, -0.25) is 4.79 Å². The van der Waals surface area contributed by atoms with E-state index in [1.54, 1.807) is 18.2 Å². The lowest BCUT2D eigenvalue weighted by Crippen LogP contribution is -2.20. The number of amides is 1. The molecule has 1 aliphatic rings. The minimum atomic E-state index is -4.48. The van der Waals surface area contributed by atoms with E-state index in [0.29, 0.717) is 12.8 Å². The van der Waals surface area contributed by atoms with E-state index in [4.69, 9.17) is 0 Å². The van der Waals surface area contributed by atoms with Crippen LogP contribution in [0.3, 0.4) is 0 Å². The third-order valence-electron chi connectivity index (χ3n) is 4.58. The van der Waals surface area contributed by atoms with Crippen molar-refractivity contribution < 1.29 is 23.1 Å². The molecule has 0 spiro atoms. The molecule has 1 amide bonds. The van der Waals surface area contributed by atoms with E-state index in [9.17, 15) is 28.3 Å². The van der Waals surface area contributed by atoms with E-state index >= 15 is 0 Å². The number of rotatable bonds is 4. The molecular formula is C20H15F3N2O2. The van der Waals surface area contributed by atoms with Crippen LogP contribution < -0.4 is 5.32 Å². The minimum Gasteiger partial charge on any atom is -0.510 e. The zero-order chi connectivity index (χ0) is 19.7. The molecule has 3 rings (SSSR count). The number of carbonyl (C=O) groups excluding carboxylic acids is 1. The first kappa shape index (κ1) is 18.5. The quantitative estimate of drug-likeness (QED) is 0.464. The van der Waals surface area contributed by atoms with Gasteiger partial charge in [0.1, 0.15) is 11.8 Å². The summed E-state index contributed by atoms with van der Waals surface area (Å²) in [6.07, 6.45) is -3.28. The van der Waals surface area contributed by atoms with E-state index in [-0.39, 0.29) is 11.4 Å². The predicted octanol–water partition coefficient (Wildman–Crippen LogP) is 4.71. The van der Waals surface area contributed by atoms with Crippen molar-refractivity contribution >= 4 is 11.6 Å². The second kappa shape index (κ2) is 6.80. The molecule has 138 valence electrons. The number of nitriles is 1. The summed E-state index contributed by atoms with van der Waals surface area (Å²) in [5.41, 5.74) is -1.16. The molecule has 0 radical (unpaired) electrons. The van der Waals surface area contributed by atoms with Gasteiger partial charge in [-0.25, -0.2) is 0 Å². The molecule has 4 nitrogen and oxygen atoms in total. The number of aliphatic hydroxyl groups excluding tert-OH is 1. The van der Waals surface area contributed by atoms with Gasteiger partial charge in [-0.05, 0) is 42.7 Å². The maximum Gasteiger partial charge on any atom is 0.416 e. The average Bonchev–Trinajstić information content (AvgIpc) is 3.44. The second-order valence-corrected chi connectivity index (χ2v) is 6.31. The van der Waals surface area contributed by atoms with Crippen molar-refractivity contribution in [3.63, 3.8) is 0 Å². The lowest BCUT2D eigenvalue weighted by molar-refractivity contribution is -0.137. The maximum absolute atomic E-state index is 12.6. The van der Waals surface area contributed by atoms with Gasteiger partial charge in [0.05, 0.1) is 11.0 Å². The monoisotopic (exact) mass is 372 g/mol. The number of allylic oxidation sites excluding steroid dienone is 1. The molecule has 0 atom stereocenters. The number of benzene rings is 2. The Morgan fingerprint density at radius 2 is 1.67 bits per heavy atom. The van der Waals surface area contributed by atoms with Crippen molar-refractivity contribution in [3.05, 3.63) is 77.1 Å². The van der Waals surface area contributed by atoms with E-state index in [0.717, 1.165) is 29.8 Å². The molecule has 1 aliphatic carbocycles. The van der Waals surface area contributed by atoms with E-state index < -0.39 is 28.6 Å². The first-order valence-electron chi connectivity index (χ1n) is 8.16. The molecule has 0 saturated heterocycles. The Hall–Kier alpha value is -3.27. The molecule has 1 fully saturated rings. The van der Waals surface area contributed by atoms with Crippen LogP contribution in [-0.2, 0) is 16.4 Å². The normalized spacial score (nSPS) is 16.1. The van der Waals surface area contributed by atoms with Crippen molar-refractivity contribution in [2.24, 2.45) is 0 Å². The fourth-order valence-electron chi connectivity index (χ4n) is 2.93. The summed E-state index contributed by atoms with van der Waals surface area (Å²) in [4.78, 5) is 12.4. The molecule has 2 N–H and O–H groups in total. The average molecular weight is 372 g/mol. The van der Waals surface area contributed by atoms with Gasteiger partial charge < -0.3 is 10.4 Å². The number of anilines is 1. The maximum atomic E-state index is 12.6. The lowest BCUT2D eigenvalue weighted by Gasteiger charge is -2.16. The molecule has 0 aromatic heterocycles. The fourth-order valence-corrected chi connectivity index (χ4v) is 2.93. The van der Waals surface area contributed by atoms with E-state index in [2.05, 4.69) is 5.32 Å². The van der Waals surface area contributed by atoms with Crippen molar-refractivity contribution in [2.75, 3.05) is 5.32 Å². The fraction of sp³-hybridized carbons (Fsp3) is 0.200. The van der Waals surface area contributed by atoms with Crippen LogP contribution in [0.5, 0.6) is 0 Å². The number of nitrogens with one attached hydrogen (secondary N) is 1. The number of nitrogens with zero attached hydrogens (tertiary/aromatic N) is 1. The largest absolute Gasteiger partial charge is 0.510 e. The third-order valence-corrected chi connectivity index (χ3v) is 4.58. The van der Waals surface area contributed by atoms with E-state index in [1.165, 1.54) is 0 Å². The Labute approximate surface area is 153 Å². The zero-order valence-corrected chi connectivity index (χ0v) is 14.0. The number of alkyl halides is 3.